The molecule has 0 fully saturated rings. The van der Waals surface area contributed by atoms with Crippen LogP contribution < -0.4 is 5.32 Å². The molecule has 0 radical (unpaired) electrons. The fraction of sp³-hybridized carbons (Fsp3) is 0.444. The van der Waals surface area contributed by atoms with Crippen LogP contribution in [0.4, 0.5) is 5.69 Å². The van der Waals surface area contributed by atoms with E-state index < -0.39 is 17.8 Å². The van der Waals surface area contributed by atoms with E-state index in [0.29, 0.717) is 18.5 Å². The zero-order chi connectivity index (χ0) is 17.2. The number of amides is 1. The van der Waals surface area contributed by atoms with Gasteiger partial charge in [-0.1, -0.05) is 39.0 Å². The molecule has 0 heterocycles. The van der Waals surface area contributed by atoms with Gasteiger partial charge in [0.15, 0.2) is 0 Å². The largest absolute Gasteiger partial charge is 0.506 e. The van der Waals surface area contributed by atoms with Crippen molar-refractivity contribution in [3.8, 4) is 5.75 Å². The van der Waals surface area contributed by atoms with E-state index in [9.17, 15) is 19.8 Å². The van der Waals surface area contributed by atoms with Gasteiger partial charge in [-0.15, -0.1) is 0 Å². The molecule has 1 aliphatic rings. The van der Waals surface area contributed by atoms with Crippen molar-refractivity contribution in [2.45, 2.75) is 39.0 Å². The Morgan fingerprint density at radius 2 is 1.74 bits per heavy atom. The van der Waals surface area contributed by atoms with E-state index in [0.717, 1.165) is 5.56 Å². The van der Waals surface area contributed by atoms with Gasteiger partial charge in [0, 0.05) is 0 Å². The average Bonchev–Trinajstić information content (AvgIpc) is 2.48. The number of hydrogen-bond acceptors (Lipinski definition) is 3. The molecule has 0 spiro atoms. The summed E-state index contributed by atoms with van der Waals surface area (Å²) in [6.45, 7) is 6.12. The molecule has 1 aromatic carbocycles. The first-order chi connectivity index (χ1) is 10.7. The molecule has 2 rings (SSSR count). The van der Waals surface area contributed by atoms with Crippen molar-refractivity contribution in [2.75, 3.05) is 5.32 Å². The maximum atomic E-state index is 12.5. The van der Waals surface area contributed by atoms with E-state index >= 15 is 0 Å². The first-order valence-corrected chi connectivity index (χ1v) is 7.72. The van der Waals surface area contributed by atoms with Crippen LogP contribution in [0.1, 0.15) is 39.2 Å². The SMILES string of the molecule is CC(C)(C)c1ccc(O)c(NC(=O)C2CC=CCC2C(=O)O)c1. The van der Waals surface area contributed by atoms with Crippen LogP contribution in [-0.2, 0) is 15.0 Å². The van der Waals surface area contributed by atoms with Gasteiger partial charge in [0.25, 0.3) is 0 Å². The second kappa shape index (κ2) is 6.44. The van der Waals surface area contributed by atoms with Crippen LogP contribution in [0, 0.1) is 11.8 Å². The summed E-state index contributed by atoms with van der Waals surface area (Å²) in [5.74, 6) is -2.72. The summed E-state index contributed by atoms with van der Waals surface area (Å²) in [7, 11) is 0. The number of nitrogens with one attached hydrogen (secondary N) is 1. The van der Waals surface area contributed by atoms with Gasteiger partial charge in [0.1, 0.15) is 5.75 Å². The molecule has 5 nitrogen and oxygen atoms in total. The number of phenols is 1. The Hall–Kier alpha value is -2.30. The Kier molecular flexibility index (Phi) is 4.78. The van der Waals surface area contributed by atoms with Gasteiger partial charge in [-0.05, 0) is 36.0 Å². The van der Waals surface area contributed by atoms with E-state index in [1.807, 2.05) is 32.9 Å². The molecule has 0 aliphatic heterocycles. The summed E-state index contributed by atoms with van der Waals surface area (Å²) >= 11 is 0. The van der Waals surface area contributed by atoms with Crippen molar-refractivity contribution < 1.29 is 19.8 Å². The highest BCUT2D eigenvalue weighted by Crippen LogP contribution is 2.32. The zero-order valence-electron chi connectivity index (χ0n) is 13.7. The maximum absolute atomic E-state index is 12.5. The lowest BCUT2D eigenvalue weighted by Gasteiger charge is -2.25. The van der Waals surface area contributed by atoms with E-state index in [1.54, 1.807) is 18.2 Å². The first kappa shape index (κ1) is 17.1. The van der Waals surface area contributed by atoms with Gasteiger partial charge < -0.3 is 15.5 Å². The molecule has 5 heteroatoms. The van der Waals surface area contributed by atoms with Gasteiger partial charge in [0.2, 0.25) is 5.91 Å². The molecular weight excluding hydrogens is 294 g/mol. The van der Waals surface area contributed by atoms with Crippen LogP contribution in [-0.4, -0.2) is 22.1 Å². The lowest BCUT2D eigenvalue weighted by Crippen LogP contribution is -2.34. The number of aliphatic carboxylic acids is 1. The number of anilines is 1. The molecule has 1 aromatic rings. The number of carboxylic acid groups (broad SMARTS) is 1. The Labute approximate surface area is 136 Å². The fourth-order valence-corrected chi connectivity index (χ4v) is 2.70. The number of carbonyl (C=O) groups excluding carboxylic acids is 1. The third-order valence-corrected chi connectivity index (χ3v) is 4.21. The van der Waals surface area contributed by atoms with E-state index in [2.05, 4.69) is 5.32 Å². The highest BCUT2D eigenvalue weighted by Gasteiger charge is 2.34. The number of phenolic OH excluding ortho intramolecular Hbond substituents is 1. The van der Waals surface area contributed by atoms with E-state index in [4.69, 9.17) is 0 Å². The normalized spacial score (nSPS) is 21.0. The molecule has 2 atom stereocenters. The van der Waals surface area contributed by atoms with Crippen molar-refractivity contribution in [3.05, 3.63) is 35.9 Å². The minimum atomic E-state index is -0.970. The molecule has 1 amide bonds. The van der Waals surface area contributed by atoms with Gasteiger partial charge >= 0.3 is 5.97 Å². The first-order valence-electron chi connectivity index (χ1n) is 7.72. The minimum Gasteiger partial charge on any atom is -0.506 e. The molecule has 124 valence electrons. The third kappa shape index (κ3) is 3.92. The molecule has 0 aromatic heterocycles. The van der Waals surface area contributed by atoms with Crippen molar-refractivity contribution in [1.29, 1.82) is 0 Å². The van der Waals surface area contributed by atoms with Crippen LogP contribution in [0.15, 0.2) is 30.4 Å². The number of carbonyl (C=O) groups is 2. The van der Waals surface area contributed by atoms with Crippen LogP contribution in [0.2, 0.25) is 0 Å². The van der Waals surface area contributed by atoms with Gasteiger partial charge in [-0.2, -0.15) is 0 Å². The smallest absolute Gasteiger partial charge is 0.307 e. The second-order valence-electron chi connectivity index (χ2n) is 6.97. The average molecular weight is 317 g/mol. The second-order valence-corrected chi connectivity index (χ2v) is 6.97. The molecule has 2 unspecified atom stereocenters. The maximum Gasteiger partial charge on any atom is 0.307 e. The van der Waals surface area contributed by atoms with Crippen molar-refractivity contribution in [2.24, 2.45) is 11.8 Å². The number of hydrogen-bond donors (Lipinski definition) is 3. The summed E-state index contributed by atoms with van der Waals surface area (Å²) in [4.78, 5) is 23.8. The van der Waals surface area contributed by atoms with Gasteiger partial charge in [-0.25, -0.2) is 0 Å². The molecular formula is C18H23NO4. The summed E-state index contributed by atoms with van der Waals surface area (Å²) in [5.41, 5.74) is 1.18. The third-order valence-electron chi connectivity index (χ3n) is 4.21. The molecule has 0 bridgehead atoms. The summed E-state index contributed by atoms with van der Waals surface area (Å²) in [5, 5.41) is 21.9. The van der Waals surface area contributed by atoms with Crippen LogP contribution >= 0.6 is 0 Å². The summed E-state index contributed by atoms with van der Waals surface area (Å²) < 4.78 is 0. The Morgan fingerprint density at radius 1 is 1.13 bits per heavy atom. The quantitative estimate of drug-likeness (QED) is 0.590. The fourth-order valence-electron chi connectivity index (χ4n) is 2.70. The van der Waals surface area contributed by atoms with E-state index in [-0.39, 0.29) is 17.1 Å². The molecule has 23 heavy (non-hydrogen) atoms. The molecule has 1 aliphatic carbocycles. The lowest BCUT2D eigenvalue weighted by molar-refractivity contribution is -0.146. The predicted octanol–water partition coefficient (Wildman–Crippen LogP) is 3.30. The predicted molar refractivity (Wildman–Crippen MR) is 88.4 cm³/mol. The summed E-state index contributed by atoms with van der Waals surface area (Å²) in [6.07, 6.45) is 4.36. The van der Waals surface area contributed by atoms with Gasteiger partial charge in [-0.3, -0.25) is 9.59 Å². The molecule has 0 saturated carbocycles. The van der Waals surface area contributed by atoms with E-state index in [1.165, 1.54) is 0 Å². The standard InChI is InChI=1S/C18H23NO4/c1-18(2,3)11-8-9-15(20)14(10-11)19-16(21)12-6-4-5-7-13(12)17(22)23/h4-5,8-10,12-13,20H,6-7H2,1-3H3,(H,19,21)(H,22,23). The topological polar surface area (TPSA) is 86.6 Å². The number of aromatic hydroxyl groups is 1. The number of allylic oxidation sites excluding steroid dienone is 2. The Bertz CT molecular complexity index is 643. The number of carboxylic acids is 1. The lowest BCUT2D eigenvalue weighted by atomic mass is 9.82. The van der Waals surface area contributed by atoms with Crippen molar-refractivity contribution >= 4 is 17.6 Å². The number of benzene rings is 1. The Balaban J connectivity index is 2.23. The monoisotopic (exact) mass is 317 g/mol. The van der Waals surface area contributed by atoms with Crippen LogP contribution in [0.25, 0.3) is 0 Å². The van der Waals surface area contributed by atoms with Crippen LogP contribution in [0.5, 0.6) is 5.75 Å². The van der Waals surface area contributed by atoms with Crippen molar-refractivity contribution in [3.63, 3.8) is 0 Å². The van der Waals surface area contributed by atoms with Gasteiger partial charge in [0.05, 0.1) is 17.5 Å². The highest BCUT2D eigenvalue weighted by atomic mass is 16.4. The molecule has 3 N–H and O–H groups in total. The summed E-state index contributed by atoms with van der Waals surface area (Å²) in [6, 6.07) is 5.10. The number of rotatable bonds is 3. The van der Waals surface area contributed by atoms with Crippen molar-refractivity contribution in [1.82, 2.24) is 0 Å². The Morgan fingerprint density at radius 3 is 2.30 bits per heavy atom. The zero-order valence-corrected chi connectivity index (χ0v) is 13.7. The van der Waals surface area contributed by atoms with Crippen LogP contribution in [0.3, 0.4) is 0 Å². The minimum absolute atomic E-state index is 0.0235. The molecule has 0 saturated heterocycles. The highest BCUT2D eigenvalue weighted by molar-refractivity contribution is 5.96.